The fourth-order valence-electron chi connectivity index (χ4n) is 1.59. The summed E-state index contributed by atoms with van der Waals surface area (Å²) in [5.74, 6) is 0. The van der Waals surface area contributed by atoms with Crippen molar-refractivity contribution in [2.75, 3.05) is 0 Å². The molecule has 82 valence electrons. The Morgan fingerprint density at radius 2 is 1.86 bits per heavy atom. The number of unbranched alkanes of at least 4 members (excludes halogenated alkanes) is 4. The highest BCUT2D eigenvalue weighted by Gasteiger charge is 1.92. The van der Waals surface area contributed by atoms with Crippen LogP contribution < -0.4 is 0 Å². The molecule has 0 nitrogen and oxygen atoms in total. The highest BCUT2D eigenvalue weighted by molar-refractivity contribution is 5.02. The number of rotatable bonds is 9. The van der Waals surface area contributed by atoms with E-state index in [1.165, 1.54) is 44.9 Å². The van der Waals surface area contributed by atoms with Gasteiger partial charge in [-0.3, -0.25) is 0 Å². The maximum Gasteiger partial charge on any atom is -0.0286 e. The lowest BCUT2D eigenvalue weighted by Gasteiger charge is -2.02. The van der Waals surface area contributed by atoms with Gasteiger partial charge in [0.25, 0.3) is 0 Å². The van der Waals surface area contributed by atoms with Gasteiger partial charge < -0.3 is 0 Å². The van der Waals surface area contributed by atoms with Crippen molar-refractivity contribution in [1.82, 2.24) is 0 Å². The van der Waals surface area contributed by atoms with Crippen molar-refractivity contribution in [1.29, 1.82) is 0 Å². The van der Waals surface area contributed by atoms with E-state index in [2.05, 4.69) is 26.5 Å². The Bertz CT molecular complexity index is 153. The minimum Gasteiger partial charge on any atom is -0.103 e. The summed E-state index contributed by atoms with van der Waals surface area (Å²) in [6.45, 7) is 8.27. The molecule has 0 spiro atoms. The van der Waals surface area contributed by atoms with E-state index in [0.717, 1.165) is 6.42 Å². The fourth-order valence-corrected chi connectivity index (χ4v) is 1.59. The molecule has 0 heteroatoms. The third kappa shape index (κ3) is 8.10. The van der Waals surface area contributed by atoms with Crippen molar-refractivity contribution in [3.8, 4) is 0 Å². The molecule has 0 fully saturated rings. The van der Waals surface area contributed by atoms with Gasteiger partial charge in [0.05, 0.1) is 0 Å². The third-order valence-corrected chi connectivity index (χ3v) is 2.61. The largest absolute Gasteiger partial charge is 0.103 e. The Morgan fingerprint density at radius 3 is 2.43 bits per heavy atom. The van der Waals surface area contributed by atoms with E-state index in [1.54, 1.807) is 5.57 Å². The van der Waals surface area contributed by atoms with Crippen molar-refractivity contribution >= 4 is 0 Å². The Kier molecular flexibility index (Phi) is 10.2. The van der Waals surface area contributed by atoms with Crippen molar-refractivity contribution in [3.05, 3.63) is 24.3 Å². The molecule has 0 unspecified atom stereocenters. The topological polar surface area (TPSA) is 0 Å². The minimum absolute atomic E-state index is 1.13. The smallest absolute Gasteiger partial charge is 0.0286 e. The molecule has 0 heterocycles. The van der Waals surface area contributed by atoms with E-state index in [-0.39, 0.29) is 0 Å². The quantitative estimate of drug-likeness (QED) is 0.347. The van der Waals surface area contributed by atoms with E-state index >= 15 is 0 Å². The van der Waals surface area contributed by atoms with Gasteiger partial charge in [0.2, 0.25) is 0 Å². The van der Waals surface area contributed by atoms with Crippen LogP contribution in [0.15, 0.2) is 24.3 Å². The molecule has 0 aliphatic carbocycles. The molecule has 0 aromatic rings. The molecule has 0 aliphatic heterocycles. The SMILES string of the molecule is C=CCCC(=CCCCCCC)CC. The van der Waals surface area contributed by atoms with Gasteiger partial charge in [-0.05, 0) is 32.1 Å². The predicted molar refractivity (Wildman–Crippen MR) is 66.6 cm³/mol. The average Bonchev–Trinajstić information content (AvgIpc) is 2.22. The van der Waals surface area contributed by atoms with Gasteiger partial charge in [-0.1, -0.05) is 50.8 Å². The average molecular weight is 194 g/mol. The highest BCUT2D eigenvalue weighted by Crippen LogP contribution is 2.12. The van der Waals surface area contributed by atoms with Crippen molar-refractivity contribution in [2.24, 2.45) is 0 Å². The molecular weight excluding hydrogens is 168 g/mol. The van der Waals surface area contributed by atoms with Crippen LogP contribution in [-0.2, 0) is 0 Å². The van der Waals surface area contributed by atoms with Gasteiger partial charge in [0, 0.05) is 0 Å². The van der Waals surface area contributed by atoms with Crippen molar-refractivity contribution in [3.63, 3.8) is 0 Å². The van der Waals surface area contributed by atoms with Crippen molar-refractivity contribution < 1.29 is 0 Å². The minimum atomic E-state index is 1.13. The predicted octanol–water partition coefficient (Wildman–Crippen LogP) is 5.26. The Balaban J connectivity index is 3.53. The molecule has 0 amide bonds. The zero-order chi connectivity index (χ0) is 10.6. The van der Waals surface area contributed by atoms with Gasteiger partial charge in [-0.2, -0.15) is 0 Å². The molecule has 0 aromatic heterocycles. The van der Waals surface area contributed by atoms with E-state index in [1.807, 2.05) is 6.08 Å². The summed E-state index contributed by atoms with van der Waals surface area (Å²) in [6.07, 6.45) is 14.8. The Hall–Kier alpha value is -0.520. The van der Waals surface area contributed by atoms with Gasteiger partial charge >= 0.3 is 0 Å². The van der Waals surface area contributed by atoms with E-state index in [9.17, 15) is 0 Å². The molecule has 0 aromatic carbocycles. The maximum absolute atomic E-state index is 3.76. The van der Waals surface area contributed by atoms with Crippen LogP contribution in [0.5, 0.6) is 0 Å². The van der Waals surface area contributed by atoms with Gasteiger partial charge in [0.15, 0.2) is 0 Å². The second-order valence-electron chi connectivity index (χ2n) is 3.89. The lowest BCUT2D eigenvalue weighted by atomic mass is 10.0. The van der Waals surface area contributed by atoms with Crippen LogP contribution in [-0.4, -0.2) is 0 Å². The third-order valence-electron chi connectivity index (χ3n) is 2.61. The fraction of sp³-hybridized carbons (Fsp3) is 0.714. The normalized spacial score (nSPS) is 11.7. The standard InChI is InChI=1S/C14H26/c1-4-7-9-10-11-13-14(6-3)12-8-5-2/h5,13H,2,4,6-12H2,1,3H3. The second kappa shape index (κ2) is 10.6. The van der Waals surface area contributed by atoms with Crippen molar-refractivity contribution in [2.45, 2.75) is 65.2 Å². The molecule has 0 rings (SSSR count). The van der Waals surface area contributed by atoms with Gasteiger partial charge in [-0.15, -0.1) is 6.58 Å². The first-order valence-electron chi connectivity index (χ1n) is 6.13. The van der Waals surface area contributed by atoms with E-state index in [0.29, 0.717) is 0 Å². The zero-order valence-electron chi connectivity index (χ0n) is 10.0. The summed E-state index contributed by atoms with van der Waals surface area (Å²) in [7, 11) is 0. The second-order valence-corrected chi connectivity index (χ2v) is 3.89. The van der Waals surface area contributed by atoms with Crippen LogP contribution in [0, 0.1) is 0 Å². The Labute approximate surface area is 90.1 Å². The molecule has 14 heavy (non-hydrogen) atoms. The molecular formula is C14H26. The van der Waals surface area contributed by atoms with Crippen LogP contribution in [0.25, 0.3) is 0 Å². The first-order valence-corrected chi connectivity index (χ1v) is 6.13. The maximum atomic E-state index is 3.76. The molecule has 0 saturated carbocycles. The summed E-state index contributed by atoms with van der Waals surface area (Å²) >= 11 is 0. The molecule has 0 bridgehead atoms. The summed E-state index contributed by atoms with van der Waals surface area (Å²) < 4.78 is 0. The Morgan fingerprint density at radius 1 is 1.07 bits per heavy atom. The highest BCUT2D eigenvalue weighted by atomic mass is 14.0. The van der Waals surface area contributed by atoms with E-state index < -0.39 is 0 Å². The molecule has 0 radical (unpaired) electrons. The molecule has 0 atom stereocenters. The number of hydrogen-bond donors (Lipinski definition) is 0. The lowest BCUT2D eigenvalue weighted by Crippen LogP contribution is -1.82. The summed E-state index contributed by atoms with van der Waals surface area (Å²) in [5, 5.41) is 0. The summed E-state index contributed by atoms with van der Waals surface area (Å²) in [6, 6.07) is 0. The van der Waals surface area contributed by atoms with Crippen LogP contribution in [0.1, 0.15) is 65.2 Å². The van der Waals surface area contributed by atoms with Crippen LogP contribution in [0.2, 0.25) is 0 Å². The first kappa shape index (κ1) is 13.5. The first-order chi connectivity index (χ1) is 6.85. The molecule has 0 N–H and O–H groups in total. The summed E-state index contributed by atoms with van der Waals surface area (Å²) in [4.78, 5) is 0. The van der Waals surface area contributed by atoms with Gasteiger partial charge in [-0.25, -0.2) is 0 Å². The van der Waals surface area contributed by atoms with Gasteiger partial charge in [0.1, 0.15) is 0 Å². The van der Waals surface area contributed by atoms with Crippen LogP contribution in [0.4, 0.5) is 0 Å². The number of hydrogen-bond acceptors (Lipinski definition) is 0. The lowest BCUT2D eigenvalue weighted by molar-refractivity contribution is 0.671. The molecule has 0 aliphatic rings. The van der Waals surface area contributed by atoms with Crippen LogP contribution >= 0.6 is 0 Å². The zero-order valence-corrected chi connectivity index (χ0v) is 10.0. The molecule has 0 saturated heterocycles. The van der Waals surface area contributed by atoms with Crippen LogP contribution in [0.3, 0.4) is 0 Å². The monoisotopic (exact) mass is 194 g/mol. The van der Waals surface area contributed by atoms with E-state index in [4.69, 9.17) is 0 Å². The summed E-state index contributed by atoms with van der Waals surface area (Å²) in [5.41, 5.74) is 1.61. The number of allylic oxidation sites excluding steroid dienone is 3.